The minimum Gasteiger partial charge on any atom is -0.348 e. The number of pyridine rings is 1. The van der Waals surface area contributed by atoms with Crippen molar-refractivity contribution in [2.75, 3.05) is 0 Å². The van der Waals surface area contributed by atoms with Gasteiger partial charge in [-0.25, -0.2) is 0 Å². The summed E-state index contributed by atoms with van der Waals surface area (Å²) in [5.41, 5.74) is 0.993. The summed E-state index contributed by atoms with van der Waals surface area (Å²) in [6, 6.07) is 3.85. The first-order chi connectivity index (χ1) is 5.88. The predicted molar refractivity (Wildman–Crippen MR) is 54.8 cm³/mol. The van der Waals surface area contributed by atoms with E-state index in [0.29, 0.717) is 0 Å². The van der Waals surface area contributed by atoms with Crippen LogP contribution >= 0.6 is 12.2 Å². The van der Waals surface area contributed by atoms with Gasteiger partial charge in [-0.05, 0) is 12.1 Å². The highest BCUT2D eigenvalue weighted by Gasteiger charge is 1.91. The molecule has 2 aromatic heterocycles. The summed E-state index contributed by atoms with van der Waals surface area (Å²) >= 11 is 5.07. The van der Waals surface area contributed by atoms with Crippen LogP contribution in [0.5, 0.6) is 0 Å². The Morgan fingerprint density at radius 1 is 1.08 bits per heavy atom. The maximum atomic E-state index is 5.07. The molecule has 0 spiro atoms. The molecule has 64 valence electrons. The number of aromatic nitrogens is 2. The van der Waals surface area contributed by atoms with Gasteiger partial charge in [0, 0.05) is 17.8 Å². The fourth-order valence-electron chi connectivity index (χ4n) is 0.985. The van der Waals surface area contributed by atoms with Gasteiger partial charge < -0.3 is 9.97 Å². The second-order valence-corrected chi connectivity index (χ2v) is 2.55. The van der Waals surface area contributed by atoms with Crippen LogP contribution in [0.2, 0.25) is 0 Å². The molecular formula is C9H12N2S. The molecule has 0 aliphatic heterocycles. The summed E-state index contributed by atoms with van der Waals surface area (Å²) in [6.45, 7) is 4.00. The van der Waals surface area contributed by atoms with E-state index in [2.05, 4.69) is 9.97 Å². The van der Waals surface area contributed by atoms with Gasteiger partial charge in [0.1, 0.15) is 5.65 Å². The van der Waals surface area contributed by atoms with Crippen molar-refractivity contribution in [3.8, 4) is 0 Å². The number of hydrogen-bond acceptors (Lipinski definition) is 1. The molecule has 0 amide bonds. The van der Waals surface area contributed by atoms with Gasteiger partial charge in [0.2, 0.25) is 0 Å². The van der Waals surface area contributed by atoms with Crippen molar-refractivity contribution in [2.24, 2.45) is 0 Å². The molecule has 0 unspecified atom stereocenters. The lowest BCUT2D eigenvalue weighted by Crippen LogP contribution is -1.73. The summed E-state index contributed by atoms with van der Waals surface area (Å²) in [5, 5.41) is 1.08. The molecule has 0 atom stereocenters. The van der Waals surface area contributed by atoms with E-state index in [1.807, 2.05) is 38.4 Å². The van der Waals surface area contributed by atoms with E-state index in [1.165, 1.54) is 0 Å². The predicted octanol–water partition coefficient (Wildman–Crippen LogP) is 3.25. The van der Waals surface area contributed by atoms with Crippen molar-refractivity contribution in [1.82, 2.24) is 9.97 Å². The first-order valence-corrected chi connectivity index (χ1v) is 4.43. The van der Waals surface area contributed by atoms with Crippen LogP contribution in [0.4, 0.5) is 0 Å². The Bertz CT molecular complexity index is 400. The average Bonchev–Trinajstić information content (AvgIpc) is 2.57. The molecule has 2 N–H and O–H groups in total. The molecule has 0 aromatic carbocycles. The lowest BCUT2D eigenvalue weighted by atomic mass is 10.3. The minimum absolute atomic E-state index is 0.884. The molecule has 0 aliphatic carbocycles. The molecule has 0 aliphatic rings. The molecule has 2 rings (SSSR count). The van der Waals surface area contributed by atoms with Crippen LogP contribution in [0.25, 0.3) is 11.0 Å². The highest BCUT2D eigenvalue weighted by molar-refractivity contribution is 7.71. The van der Waals surface area contributed by atoms with Gasteiger partial charge in [-0.15, -0.1) is 0 Å². The second kappa shape index (κ2) is 4.07. The maximum absolute atomic E-state index is 5.07. The van der Waals surface area contributed by atoms with Crippen LogP contribution < -0.4 is 0 Å². The van der Waals surface area contributed by atoms with Gasteiger partial charge in [-0.2, -0.15) is 0 Å². The quantitative estimate of drug-likeness (QED) is 0.599. The van der Waals surface area contributed by atoms with Crippen LogP contribution in [0.1, 0.15) is 13.8 Å². The highest BCUT2D eigenvalue weighted by atomic mass is 32.1. The van der Waals surface area contributed by atoms with Gasteiger partial charge in [0.05, 0.1) is 4.51 Å². The maximum Gasteiger partial charge on any atom is 0.116 e. The first-order valence-electron chi connectivity index (χ1n) is 4.03. The van der Waals surface area contributed by atoms with E-state index < -0.39 is 0 Å². The van der Waals surface area contributed by atoms with Crippen LogP contribution in [-0.2, 0) is 0 Å². The zero-order valence-corrected chi connectivity index (χ0v) is 8.03. The second-order valence-electron chi connectivity index (χ2n) is 2.11. The highest BCUT2D eigenvalue weighted by Crippen LogP contribution is 2.09. The van der Waals surface area contributed by atoms with Crippen molar-refractivity contribution < 1.29 is 0 Å². The Morgan fingerprint density at radius 3 is 2.25 bits per heavy atom. The van der Waals surface area contributed by atoms with E-state index >= 15 is 0 Å². The molecule has 0 bridgehead atoms. The van der Waals surface area contributed by atoms with Crippen LogP contribution in [-0.4, -0.2) is 9.97 Å². The van der Waals surface area contributed by atoms with Crippen LogP contribution in [0, 0.1) is 4.51 Å². The molecule has 0 saturated carbocycles. The standard InChI is InChI=1S/C7H6N2S.C2H6/c10-6-2-4-9-7-5(6)1-3-8-7;1-2/h1-4H,(H2,8,9,10);1-2H3. The lowest BCUT2D eigenvalue weighted by Gasteiger charge is -1.86. The summed E-state index contributed by atoms with van der Waals surface area (Å²) in [5.74, 6) is 0. The Balaban J connectivity index is 0.000000336. The zero-order chi connectivity index (χ0) is 8.97. The number of aromatic amines is 2. The Kier molecular flexibility index (Phi) is 3.05. The zero-order valence-electron chi connectivity index (χ0n) is 7.22. The molecule has 0 saturated heterocycles. The van der Waals surface area contributed by atoms with E-state index in [4.69, 9.17) is 12.2 Å². The first kappa shape index (κ1) is 9.00. The summed E-state index contributed by atoms with van der Waals surface area (Å²) < 4.78 is 0.884. The Hall–Kier alpha value is -1.09. The number of fused-ring (bicyclic) bond motifs is 1. The monoisotopic (exact) mass is 180 g/mol. The number of rotatable bonds is 0. The Morgan fingerprint density at radius 2 is 1.67 bits per heavy atom. The average molecular weight is 180 g/mol. The minimum atomic E-state index is 0.884. The van der Waals surface area contributed by atoms with Crippen LogP contribution in [0.3, 0.4) is 0 Å². The Labute approximate surface area is 76.6 Å². The van der Waals surface area contributed by atoms with E-state index in [1.54, 1.807) is 0 Å². The summed E-state index contributed by atoms with van der Waals surface area (Å²) in [7, 11) is 0. The smallest absolute Gasteiger partial charge is 0.116 e. The van der Waals surface area contributed by atoms with Gasteiger partial charge >= 0.3 is 0 Å². The van der Waals surface area contributed by atoms with E-state index in [9.17, 15) is 0 Å². The topological polar surface area (TPSA) is 31.6 Å². The molecule has 2 heterocycles. The molecule has 0 radical (unpaired) electrons. The van der Waals surface area contributed by atoms with Crippen LogP contribution in [0.15, 0.2) is 24.5 Å². The van der Waals surface area contributed by atoms with Crippen molar-refractivity contribution in [3.63, 3.8) is 0 Å². The van der Waals surface area contributed by atoms with Crippen molar-refractivity contribution in [3.05, 3.63) is 29.0 Å². The third kappa shape index (κ3) is 1.56. The molecule has 12 heavy (non-hydrogen) atoms. The van der Waals surface area contributed by atoms with Crippen molar-refractivity contribution in [2.45, 2.75) is 13.8 Å². The lowest BCUT2D eigenvalue weighted by molar-refractivity contribution is 1.32. The largest absolute Gasteiger partial charge is 0.348 e. The fourth-order valence-corrected chi connectivity index (χ4v) is 1.22. The third-order valence-corrected chi connectivity index (χ3v) is 1.83. The van der Waals surface area contributed by atoms with Gasteiger partial charge in [-0.1, -0.05) is 26.1 Å². The molecule has 2 aromatic rings. The number of hydrogen-bond donors (Lipinski definition) is 2. The van der Waals surface area contributed by atoms with Gasteiger partial charge in [0.15, 0.2) is 0 Å². The molecule has 0 fully saturated rings. The molecule has 2 nitrogen and oxygen atoms in total. The SMILES string of the molecule is CC.S=c1cc[nH]c2[nH]ccc12. The van der Waals surface area contributed by atoms with Crippen molar-refractivity contribution >= 4 is 23.3 Å². The number of nitrogens with one attached hydrogen (secondary N) is 2. The number of H-pyrrole nitrogens is 2. The molecular weight excluding hydrogens is 168 g/mol. The van der Waals surface area contributed by atoms with Gasteiger partial charge in [-0.3, -0.25) is 0 Å². The summed E-state index contributed by atoms with van der Waals surface area (Å²) in [6.07, 6.45) is 3.71. The fraction of sp³-hybridized carbons (Fsp3) is 0.222. The normalized spacial score (nSPS) is 9.17. The summed E-state index contributed by atoms with van der Waals surface area (Å²) in [4.78, 5) is 6.09. The van der Waals surface area contributed by atoms with Gasteiger partial charge in [0.25, 0.3) is 0 Å². The van der Waals surface area contributed by atoms with Crippen molar-refractivity contribution in [1.29, 1.82) is 0 Å². The third-order valence-electron chi connectivity index (χ3n) is 1.47. The van der Waals surface area contributed by atoms with E-state index in [0.717, 1.165) is 15.5 Å². The molecule has 3 heteroatoms. The van der Waals surface area contributed by atoms with E-state index in [-0.39, 0.29) is 0 Å².